The van der Waals surface area contributed by atoms with Crippen molar-refractivity contribution in [1.29, 1.82) is 0 Å². The van der Waals surface area contributed by atoms with Crippen LogP contribution in [0.15, 0.2) is 0 Å². The summed E-state index contributed by atoms with van der Waals surface area (Å²) >= 11 is 0. The van der Waals surface area contributed by atoms with Crippen LogP contribution in [-0.2, 0) is 0 Å². The number of likely N-dealkylation sites (N-methyl/N-ethyl adjacent to an activating group) is 1. The van der Waals surface area contributed by atoms with Crippen LogP contribution in [-0.4, -0.2) is 61.7 Å². The van der Waals surface area contributed by atoms with Gasteiger partial charge in [0.1, 0.15) is 0 Å². The minimum Gasteiger partial charge on any atom is -0.317 e. The molecule has 0 spiro atoms. The lowest BCUT2D eigenvalue weighted by Gasteiger charge is -2.46. The van der Waals surface area contributed by atoms with Gasteiger partial charge in [-0.05, 0) is 39.9 Å². The predicted molar refractivity (Wildman–Crippen MR) is 70.9 cm³/mol. The first kappa shape index (κ1) is 13.9. The Morgan fingerprint density at radius 3 is 2.56 bits per heavy atom. The van der Waals surface area contributed by atoms with Crippen LogP contribution in [0.25, 0.3) is 0 Å². The third-order valence-electron chi connectivity index (χ3n) is 3.71. The molecule has 3 heteroatoms. The highest BCUT2D eigenvalue weighted by atomic mass is 15.3. The van der Waals surface area contributed by atoms with Gasteiger partial charge in [-0.25, -0.2) is 0 Å². The van der Waals surface area contributed by atoms with Gasteiger partial charge in [0, 0.05) is 31.7 Å². The minimum absolute atomic E-state index is 0.330. The summed E-state index contributed by atoms with van der Waals surface area (Å²) in [6, 6.07) is 0. The number of hydrogen-bond donors (Lipinski definition) is 1. The van der Waals surface area contributed by atoms with Gasteiger partial charge in [0.05, 0.1) is 0 Å². The van der Waals surface area contributed by atoms with E-state index in [1.165, 1.54) is 26.2 Å². The Hall–Kier alpha value is -0.120. The fourth-order valence-corrected chi connectivity index (χ4v) is 2.39. The van der Waals surface area contributed by atoms with Gasteiger partial charge < -0.3 is 5.32 Å². The Kier molecular flexibility index (Phi) is 5.22. The summed E-state index contributed by atoms with van der Waals surface area (Å²) < 4.78 is 0. The van der Waals surface area contributed by atoms with Crippen LogP contribution in [0.5, 0.6) is 0 Å². The third kappa shape index (κ3) is 4.04. The first-order valence-electron chi connectivity index (χ1n) is 6.60. The summed E-state index contributed by atoms with van der Waals surface area (Å²) in [4.78, 5) is 5.08. The van der Waals surface area contributed by atoms with Gasteiger partial charge in [0.2, 0.25) is 0 Å². The smallest absolute Gasteiger partial charge is 0.0277 e. The van der Waals surface area contributed by atoms with E-state index in [-0.39, 0.29) is 0 Å². The van der Waals surface area contributed by atoms with Crippen LogP contribution in [0.2, 0.25) is 0 Å². The molecule has 1 fully saturated rings. The molecule has 96 valence electrons. The van der Waals surface area contributed by atoms with E-state index >= 15 is 0 Å². The average Bonchev–Trinajstić information content (AvgIpc) is 2.20. The second-order valence-electron chi connectivity index (χ2n) is 5.88. The maximum absolute atomic E-state index is 3.43. The fourth-order valence-electron chi connectivity index (χ4n) is 2.39. The van der Waals surface area contributed by atoms with Crippen molar-refractivity contribution < 1.29 is 0 Å². The Morgan fingerprint density at radius 1 is 1.31 bits per heavy atom. The van der Waals surface area contributed by atoms with E-state index in [1.54, 1.807) is 0 Å². The lowest BCUT2D eigenvalue weighted by molar-refractivity contribution is 0.0334. The van der Waals surface area contributed by atoms with Gasteiger partial charge in [0.25, 0.3) is 0 Å². The van der Waals surface area contributed by atoms with Crippen molar-refractivity contribution >= 4 is 0 Å². The summed E-state index contributed by atoms with van der Waals surface area (Å²) in [5, 5.41) is 3.43. The lowest BCUT2D eigenvalue weighted by Crippen LogP contribution is -2.58. The number of hydrogen-bond acceptors (Lipinski definition) is 3. The normalized spacial score (nSPS) is 24.6. The molecular formula is C13H29N3. The summed E-state index contributed by atoms with van der Waals surface area (Å²) in [7, 11) is 2.24. The molecule has 3 nitrogen and oxygen atoms in total. The van der Waals surface area contributed by atoms with Gasteiger partial charge in [-0.1, -0.05) is 13.8 Å². The third-order valence-corrected chi connectivity index (χ3v) is 3.71. The van der Waals surface area contributed by atoms with E-state index in [2.05, 4.69) is 49.9 Å². The molecule has 0 aliphatic carbocycles. The van der Waals surface area contributed by atoms with Crippen LogP contribution >= 0.6 is 0 Å². The first-order valence-corrected chi connectivity index (χ1v) is 6.60. The van der Waals surface area contributed by atoms with Crippen molar-refractivity contribution in [3.05, 3.63) is 0 Å². The Labute approximate surface area is 101 Å². The van der Waals surface area contributed by atoms with Gasteiger partial charge in [-0.2, -0.15) is 0 Å². The van der Waals surface area contributed by atoms with Crippen molar-refractivity contribution in [2.24, 2.45) is 5.92 Å². The zero-order chi connectivity index (χ0) is 12.2. The van der Waals surface area contributed by atoms with Gasteiger partial charge in [0.15, 0.2) is 0 Å². The van der Waals surface area contributed by atoms with E-state index in [9.17, 15) is 0 Å². The zero-order valence-corrected chi connectivity index (χ0v) is 11.7. The van der Waals surface area contributed by atoms with Gasteiger partial charge >= 0.3 is 0 Å². The highest BCUT2D eigenvalue weighted by molar-refractivity contribution is 4.88. The minimum atomic E-state index is 0.330. The molecule has 1 rings (SSSR count). The first-order chi connectivity index (χ1) is 7.45. The van der Waals surface area contributed by atoms with E-state index in [0.717, 1.165) is 19.0 Å². The highest BCUT2D eigenvalue weighted by Gasteiger charge is 2.31. The molecule has 0 aromatic rings. The molecule has 1 aliphatic heterocycles. The molecule has 16 heavy (non-hydrogen) atoms. The largest absolute Gasteiger partial charge is 0.317 e. The molecular weight excluding hydrogens is 198 g/mol. The standard InChI is InChI=1S/C13H29N3/c1-6-14-9-12(2)10-16-8-7-15(5)13(3,4)11-16/h12,14H,6-11H2,1-5H3. The van der Waals surface area contributed by atoms with Gasteiger partial charge in [-0.3, -0.25) is 9.80 Å². The highest BCUT2D eigenvalue weighted by Crippen LogP contribution is 2.19. The quantitative estimate of drug-likeness (QED) is 0.763. The van der Waals surface area contributed by atoms with E-state index in [4.69, 9.17) is 0 Å². The van der Waals surface area contributed by atoms with Crippen LogP contribution < -0.4 is 5.32 Å². The monoisotopic (exact) mass is 227 g/mol. The second-order valence-corrected chi connectivity index (χ2v) is 5.88. The molecule has 0 amide bonds. The Morgan fingerprint density at radius 2 is 2.00 bits per heavy atom. The molecule has 1 atom stereocenters. The molecule has 0 aromatic heterocycles. The van der Waals surface area contributed by atoms with Crippen molar-refractivity contribution in [3.63, 3.8) is 0 Å². The van der Waals surface area contributed by atoms with Crippen LogP contribution in [0.4, 0.5) is 0 Å². The summed E-state index contributed by atoms with van der Waals surface area (Å²) in [6.07, 6.45) is 0. The van der Waals surface area contributed by atoms with Crippen molar-refractivity contribution in [3.8, 4) is 0 Å². The molecule has 0 aromatic carbocycles. The lowest BCUT2D eigenvalue weighted by atomic mass is 9.98. The molecule has 1 N–H and O–H groups in total. The molecule has 1 unspecified atom stereocenters. The van der Waals surface area contributed by atoms with Crippen LogP contribution in [0, 0.1) is 5.92 Å². The summed E-state index contributed by atoms with van der Waals surface area (Å²) in [6.45, 7) is 16.3. The molecule has 0 radical (unpaired) electrons. The van der Waals surface area contributed by atoms with Crippen LogP contribution in [0.1, 0.15) is 27.7 Å². The Balaban J connectivity index is 2.33. The summed E-state index contributed by atoms with van der Waals surface area (Å²) in [5.41, 5.74) is 0.330. The van der Waals surface area contributed by atoms with Crippen molar-refractivity contribution in [2.45, 2.75) is 33.2 Å². The average molecular weight is 227 g/mol. The fraction of sp³-hybridized carbons (Fsp3) is 1.00. The molecule has 0 bridgehead atoms. The Bertz CT molecular complexity index is 203. The molecule has 1 aliphatic rings. The predicted octanol–water partition coefficient (Wildman–Crippen LogP) is 1.26. The maximum Gasteiger partial charge on any atom is 0.0277 e. The van der Waals surface area contributed by atoms with E-state index in [0.29, 0.717) is 5.54 Å². The maximum atomic E-state index is 3.43. The summed E-state index contributed by atoms with van der Waals surface area (Å²) in [5.74, 6) is 0.749. The van der Waals surface area contributed by atoms with Crippen molar-refractivity contribution in [2.75, 3.05) is 46.3 Å². The van der Waals surface area contributed by atoms with Crippen LogP contribution in [0.3, 0.4) is 0 Å². The zero-order valence-electron chi connectivity index (χ0n) is 11.7. The number of rotatable bonds is 5. The number of piperazine rings is 1. The van der Waals surface area contributed by atoms with E-state index in [1.807, 2.05) is 0 Å². The number of nitrogens with one attached hydrogen (secondary N) is 1. The van der Waals surface area contributed by atoms with Crippen molar-refractivity contribution in [1.82, 2.24) is 15.1 Å². The number of nitrogens with zero attached hydrogens (tertiary/aromatic N) is 2. The molecule has 1 heterocycles. The second kappa shape index (κ2) is 5.99. The topological polar surface area (TPSA) is 18.5 Å². The van der Waals surface area contributed by atoms with E-state index < -0.39 is 0 Å². The molecule has 1 saturated heterocycles. The SMILES string of the molecule is CCNCC(C)CN1CCN(C)C(C)(C)C1. The van der Waals surface area contributed by atoms with Gasteiger partial charge in [-0.15, -0.1) is 0 Å². The molecule has 0 saturated carbocycles.